The number of amides is 2. The molecule has 1 aliphatic heterocycles. The molecule has 1 N–H and O–H groups in total. The number of para-hydroxylation sites is 1. The molecule has 0 spiro atoms. The van der Waals surface area contributed by atoms with Gasteiger partial charge < -0.3 is 15.0 Å². The summed E-state index contributed by atoms with van der Waals surface area (Å²) in [5.41, 5.74) is 3.23. The maximum atomic E-state index is 12.6. The van der Waals surface area contributed by atoms with Crippen LogP contribution in [0.4, 0.5) is 10.5 Å². The van der Waals surface area contributed by atoms with Crippen LogP contribution in [-0.4, -0.2) is 47.5 Å². The molecule has 0 unspecified atom stereocenters. The largest absolute Gasteiger partial charge is 0.384 e. The molecule has 6 nitrogen and oxygen atoms in total. The first kappa shape index (κ1) is 17.5. The number of anilines is 1. The van der Waals surface area contributed by atoms with Crippen molar-refractivity contribution in [3.05, 3.63) is 47.8 Å². The van der Waals surface area contributed by atoms with E-state index >= 15 is 0 Å². The highest BCUT2D eigenvalue weighted by Crippen LogP contribution is 2.28. The number of likely N-dealkylation sites (tertiary alicyclic amines) is 1. The number of urea groups is 1. The van der Waals surface area contributed by atoms with Gasteiger partial charge >= 0.3 is 6.03 Å². The SMILES string of the molecule is COCCc1ccccc1NC(=O)N1CCC(c2ccnn2C)CC1. The van der Waals surface area contributed by atoms with Gasteiger partial charge in [0.25, 0.3) is 0 Å². The number of aromatic nitrogens is 2. The Morgan fingerprint density at radius 1 is 1.28 bits per heavy atom. The van der Waals surface area contributed by atoms with Gasteiger partial charge in [0.15, 0.2) is 0 Å². The van der Waals surface area contributed by atoms with Crippen LogP contribution in [0.15, 0.2) is 36.5 Å². The van der Waals surface area contributed by atoms with E-state index in [4.69, 9.17) is 4.74 Å². The molecule has 1 aliphatic rings. The molecule has 0 bridgehead atoms. The molecule has 1 fully saturated rings. The monoisotopic (exact) mass is 342 g/mol. The van der Waals surface area contributed by atoms with Crippen molar-refractivity contribution in [1.82, 2.24) is 14.7 Å². The Labute approximate surface area is 148 Å². The van der Waals surface area contributed by atoms with Crippen LogP contribution in [0, 0.1) is 0 Å². The van der Waals surface area contributed by atoms with E-state index in [0.717, 1.165) is 43.6 Å². The van der Waals surface area contributed by atoms with Crippen LogP contribution in [0.1, 0.15) is 30.0 Å². The highest BCUT2D eigenvalue weighted by molar-refractivity contribution is 5.90. The van der Waals surface area contributed by atoms with Crippen molar-refractivity contribution in [2.24, 2.45) is 7.05 Å². The summed E-state index contributed by atoms with van der Waals surface area (Å²) < 4.78 is 7.09. The Kier molecular flexibility index (Phi) is 5.71. The summed E-state index contributed by atoms with van der Waals surface area (Å²) in [5, 5.41) is 7.31. The smallest absolute Gasteiger partial charge is 0.321 e. The number of carbonyl (C=O) groups is 1. The second-order valence-corrected chi connectivity index (χ2v) is 6.47. The lowest BCUT2D eigenvalue weighted by Crippen LogP contribution is -2.41. The fourth-order valence-corrected chi connectivity index (χ4v) is 3.43. The molecule has 2 heterocycles. The Bertz CT molecular complexity index is 705. The van der Waals surface area contributed by atoms with Gasteiger partial charge in [-0.15, -0.1) is 0 Å². The van der Waals surface area contributed by atoms with Gasteiger partial charge in [-0.1, -0.05) is 18.2 Å². The molecule has 1 saturated heterocycles. The van der Waals surface area contributed by atoms with Crippen molar-refractivity contribution in [3.8, 4) is 0 Å². The van der Waals surface area contributed by atoms with E-state index in [-0.39, 0.29) is 6.03 Å². The second-order valence-electron chi connectivity index (χ2n) is 6.47. The van der Waals surface area contributed by atoms with E-state index in [9.17, 15) is 4.79 Å². The van der Waals surface area contributed by atoms with Crippen LogP contribution in [0.3, 0.4) is 0 Å². The third-order valence-corrected chi connectivity index (χ3v) is 4.89. The number of hydrogen-bond acceptors (Lipinski definition) is 3. The minimum atomic E-state index is -0.0201. The molecule has 1 aromatic heterocycles. The number of aryl methyl sites for hydroxylation is 1. The Morgan fingerprint density at radius 2 is 2.04 bits per heavy atom. The standard InChI is InChI=1S/C19H26N4O2/c1-22-18(7-11-20-22)16-8-12-23(13-9-16)19(24)21-17-6-4-3-5-15(17)10-14-25-2/h3-7,11,16H,8-10,12-14H2,1-2H3,(H,21,24). The predicted molar refractivity (Wildman–Crippen MR) is 97.8 cm³/mol. The van der Waals surface area contributed by atoms with Crippen LogP contribution < -0.4 is 5.32 Å². The number of hydrogen-bond donors (Lipinski definition) is 1. The summed E-state index contributed by atoms with van der Waals surface area (Å²) in [5.74, 6) is 0.477. The number of benzene rings is 1. The highest BCUT2D eigenvalue weighted by atomic mass is 16.5. The maximum absolute atomic E-state index is 12.6. The number of methoxy groups -OCH3 is 1. The molecule has 2 amide bonds. The average Bonchev–Trinajstić information content (AvgIpc) is 3.07. The van der Waals surface area contributed by atoms with E-state index in [2.05, 4.69) is 16.5 Å². The Balaban J connectivity index is 1.57. The fraction of sp³-hybridized carbons (Fsp3) is 0.474. The number of nitrogens with zero attached hydrogens (tertiary/aromatic N) is 3. The summed E-state index contributed by atoms with van der Waals surface area (Å²) in [6.07, 6.45) is 4.57. The van der Waals surface area contributed by atoms with Gasteiger partial charge in [-0.05, 0) is 37.0 Å². The quantitative estimate of drug-likeness (QED) is 0.909. The molecular formula is C19H26N4O2. The summed E-state index contributed by atoms with van der Waals surface area (Å²) >= 11 is 0. The number of rotatable bonds is 5. The van der Waals surface area contributed by atoms with Crippen molar-refractivity contribution in [1.29, 1.82) is 0 Å². The molecule has 0 saturated carbocycles. The summed E-state index contributed by atoms with van der Waals surface area (Å²) in [7, 11) is 3.67. The number of nitrogens with one attached hydrogen (secondary N) is 1. The minimum Gasteiger partial charge on any atom is -0.384 e. The number of carbonyl (C=O) groups excluding carboxylic acids is 1. The topological polar surface area (TPSA) is 59.4 Å². The van der Waals surface area contributed by atoms with E-state index < -0.39 is 0 Å². The maximum Gasteiger partial charge on any atom is 0.321 e. The van der Waals surface area contributed by atoms with Crippen LogP contribution in [0.25, 0.3) is 0 Å². The van der Waals surface area contributed by atoms with Crippen LogP contribution in [-0.2, 0) is 18.2 Å². The minimum absolute atomic E-state index is 0.0201. The Morgan fingerprint density at radius 3 is 2.72 bits per heavy atom. The first-order valence-corrected chi connectivity index (χ1v) is 8.79. The summed E-state index contributed by atoms with van der Waals surface area (Å²) in [4.78, 5) is 14.5. The van der Waals surface area contributed by atoms with Gasteiger partial charge in [0.2, 0.25) is 0 Å². The van der Waals surface area contributed by atoms with Gasteiger partial charge in [-0.3, -0.25) is 4.68 Å². The number of piperidine rings is 1. The first-order chi connectivity index (χ1) is 12.2. The zero-order chi connectivity index (χ0) is 17.6. The Hall–Kier alpha value is -2.34. The van der Waals surface area contributed by atoms with Gasteiger partial charge in [-0.25, -0.2) is 4.79 Å². The predicted octanol–water partition coefficient (Wildman–Crippen LogP) is 3.02. The van der Waals surface area contributed by atoms with Crippen molar-refractivity contribution >= 4 is 11.7 Å². The van der Waals surface area contributed by atoms with Crippen molar-refractivity contribution in [2.75, 3.05) is 32.1 Å². The van der Waals surface area contributed by atoms with Crippen molar-refractivity contribution in [3.63, 3.8) is 0 Å². The fourth-order valence-electron chi connectivity index (χ4n) is 3.43. The van der Waals surface area contributed by atoms with Gasteiger partial charge in [0, 0.05) is 50.7 Å². The average molecular weight is 342 g/mol. The normalized spacial score (nSPS) is 15.4. The molecule has 0 aliphatic carbocycles. The van der Waals surface area contributed by atoms with Crippen molar-refractivity contribution in [2.45, 2.75) is 25.2 Å². The zero-order valence-corrected chi connectivity index (χ0v) is 14.9. The summed E-state index contributed by atoms with van der Waals surface area (Å²) in [6.45, 7) is 2.17. The van der Waals surface area contributed by atoms with Crippen molar-refractivity contribution < 1.29 is 9.53 Å². The van der Waals surface area contributed by atoms with Gasteiger partial charge in [0.05, 0.1) is 6.61 Å². The third-order valence-electron chi connectivity index (χ3n) is 4.89. The first-order valence-electron chi connectivity index (χ1n) is 8.79. The lowest BCUT2D eigenvalue weighted by Gasteiger charge is -2.32. The molecule has 2 aromatic rings. The van der Waals surface area contributed by atoms with Crippen LogP contribution >= 0.6 is 0 Å². The van der Waals surface area contributed by atoms with E-state index in [1.807, 2.05) is 47.1 Å². The molecule has 3 rings (SSSR count). The van der Waals surface area contributed by atoms with Gasteiger partial charge in [0.1, 0.15) is 0 Å². The molecule has 6 heteroatoms. The molecule has 0 atom stereocenters. The molecular weight excluding hydrogens is 316 g/mol. The van der Waals surface area contributed by atoms with E-state index in [0.29, 0.717) is 12.5 Å². The third kappa shape index (κ3) is 4.20. The van der Waals surface area contributed by atoms with E-state index in [1.54, 1.807) is 7.11 Å². The summed E-state index contributed by atoms with van der Waals surface area (Å²) in [6, 6.07) is 9.97. The molecule has 134 valence electrons. The second kappa shape index (κ2) is 8.16. The molecule has 25 heavy (non-hydrogen) atoms. The number of ether oxygens (including phenoxy) is 1. The lowest BCUT2D eigenvalue weighted by atomic mass is 9.93. The zero-order valence-electron chi connectivity index (χ0n) is 14.9. The van der Waals surface area contributed by atoms with Crippen LogP contribution in [0.2, 0.25) is 0 Å². The highest BCUT2D eigenvalue weighted by Gasteiger charge is 2.25. The molecule has 1 aromatic carbocycles. The molecule has 0 radical (unpaired) electrons. The lowest BCUT2D eigenvalue weighted by molar-refractivity contribution is 0.193. The van der Waals surface area contributed by atoms with Crippen LogP contribution in [0.5, 0.6) is 0 Å². The van der Waals surface area contributed by atoms with Gasteiger partial charge in [-0.2, -0.15) is 5.10 Å². The van der Waals surface area contributed by atoms with E-state index in [1.165, 1.54) is 5.69 Å².